The van der Waals surface area contributed by atoms with E-state index >= 15 is 0 Å². The van der Waals surface area contributed by atoms with Crippen LogP contribution in [0.2, 0.25) is 0 Å². The van der Waals surface area contributed by atoms with Crippen molar-refractivity contribution in [2.24, 2.45) is 5.92 Å². The van der Waals surface area contributed by atoms with Gasteiger partial charge in [0.15, 0.2) is 0 Å². The maximum atomic E-state index is 11.9. The van der Waals surface area contributed by atoms with Crippen LogP contribution < -0.4 is 5.32 Å². The molecule has 0 spiro atoms. The van der Waals surface area contributed by atoms with Crippen LogP contribution in [0.15, 0.2) is 0 Å². The van der Waals surface area contributed by atoms with Gasteiger partial charge >= 0.3 is 0 Å². The van der Waals surface area contributed by atoms with E-state index in [0.29, 0.717) is 11.8 Å². The lowest BCUT2D eigenvalue weighted by Gasteiger charge is -2.16. The molecule has 0 aromatic carbocycles. The number of hydrogen-bond donors (Lipinski definition) is 1. The van der Waals surface area contributed by atoms with Gasteiger partial charge in [-0.15, -0.1) is 0 Å². The lowest BCUT2D eigenvalue weighted by Crippen LogP contribution is -2.30. The second-order valence-corrected chi connectivity index (χ2v) is 5.22. The molecule has 1 saturated heterocycles. The van der Waals surface area contributed by atoms with Crippen molar-refractivity contribution in [1.82, 2.24) is 10.2 Å². The SMILES string of the molecule is CCCCCCCC(=O)N1CCC(CNC)C1. The van der Waals surface area contributed by atoms with Gasteiger partial charge in [0.25, 0.3) is 0 Å². The third kappa shape index (κ3) is 5.53. The maximum Gasteiger partial charge on any atom is 0.222 e. The van der Waals surface area contributed by atoms with E-state index in [-0.39, 0.29) is 0 Å². The first-order chi connectivity index (χ1) is 8.27. The predicted octanol–water partition coefficient (Wildman–Crippen LogP) is 2.41. The van der Waals surface area contributed by atoms with Crippen molar-refractivity contribution in [1.29, 1.82) is 0 Å². The molecule has 1 atom stereocenters. The summed E-state index contributed by atoms with van der Waals surface area (Å²) < 4.78 is 0. The summed E-state index contributed by atoms with van der Waals surface area (Å²) in [5.74, 6) is 1.05. The molecular weight excluding hydrogens is 212 g/mol. The zero-order valence-electron chi connectivity index (χ0n) is 11.5. The van der Waals surface area contributed by atoms with Crippen LogP contribution >= 0.6 is 0 Å². The van der Waals surface area contributed by atoms with Gasteiger partial charge in [-0.3, -0.25) is 4.79 Å². The Morgan fingerprint density at radius 2 is 2.06 bits per heavy atom. The molecule has 1 fully saturated rings. The summed E-state index contributed by atoms with van der Waals surface area (Å²) in [6.07, 6.45) is 8.08. The fourth-order valence-electron chi connectivity index (χ4n) is 2.55. The molecular formula is C14H28N2O. The van der Waals surface area contributed by atoms with E-state index in [9.17, 15) is 4.79 Å². The highest BCUT2D eigenvalue weighted by atomic mass is 16.2. The molecule has 1 aliphatic heterocycles. The Morgan fingerprint density at radius 3 is 2.76 bits per heavy atom. The number of hydrogen-bond acceptors (Lipinski definition) is 2. The molecule has 1 N–H and O–H groups in total. The number of likely N-dealkylation sites (tertiary alicyclic amines) is 1. The zero-order chi connectivity index (χ0) is 12.5. The van der Waals surface area contributed by atoms with Crippen molar-refractivity contribution in [3.05, 3.63) is 0 Å². The Balaban J connectivity index is 2.08. The summed E-state index contributed by atoms with van der Waals surface area (Å²) in [5, 5.41) is 3.20. The van der Waals surface area contributed by atoms with E-state index < -0.39 is 0 Å². The van der Waals surface area contributed by atoms with Crippen molar-refractivity contribution in [3.8, 4) is 0 Å². The van der Waals surface area contributed by atoms with Crippen LogP contribution in [0.1, 0.15) is 51.9 Å². The molecule has 100 valence electrons. The van der Waals surface area contributed by atoms with Crippen LogP contribution in [0.25, 0.3) is 0 Å². The molecule has 0 saturated carbocycles. The molecule has 0 bridgehead atoms. The lowest BCUT2D eigenvalue weighted by atomic mass is 10.1. The number of carbonyl (C=O) groups excluding carboxylic acids is 1. The third-order valence-electron chi connectivity index (χ3n) is 3.63. The summed E-state index contributed by atoms with van der Waals surface area (Å²) in [4.78, 5) is 14.0. The minimum Gasteiger partial charge on any atom is -0.342 e. The van der Waals surface area contributed by atoms with E-state index in [1.165, 1.54) is 32.1 Å². The standard InChI is InChI=1S/C14H28N2O/c1-3-4-5-6-7-8-14(17)16-10-9-13(12-16)11-15-2/h13,15H,3-12H2,1-2H3. The van der Waals surface area contributed by atoms with E-state index in [0.717, 1.165) is 32.5 Å². The monoisotopic (exact) mass is 240 g/mol. The van der Waals surface area contributed by atoms with Crippen LogP contribution in [-0.2, 0) is 4.79 Å². The second kappa shape index (κ2) is 8.51. The van der Waals surface area contributed by atoms with E-state index in [2.05, 4.69) is 17.1 Å². The van der Waals surface area contributed by atoms with Gasteiger partial charge in [0.1, 0.15) is 0 Å². The topological polar surface area (TPSA) is 32.3 Å². The van der Waals surface area contributed by atoms with Gasteiger partial charge in [0.05, 0.1) is 0 Å². The molecule has 0 aromatic rings. The largest absolute Gasteiger partial charge is 0.342 e. The quantitative estimate of drug-likeness (QED) is 0.661. The molecule has 17 heavy (non-hydrogen) atoms. The smallest absolute Gasteiger partial charge is 0.222 e. The first-order valence-corrected chi connectivity index (χ1v) is 7.20. The van der Waals surface area contributed by atoms with Crippen molar-refractivity contribution >= 4 is 5.91 Å². The number of carbonyl (C=O) groups is 1. The van der Waals surface area contributed by atoms with Gasteiger partial charge in [0.2, 0.25) is 5.91 Å². The molecule has 1 aliphatic rings. The molecule has 3 heteroatoms. The summed E-state index contributed by atoms with van der Waals surface area (Å²) in [6.45, 7) is 5.20. The van der Waals surface area contributed by atoms with Crippen molar-refractivity contribution in [2.45, 2.75) is 51.9 Å². The minimum atomic E-state index is 0.375. The second-order valence-electron chi connectivity index (χ2n) is 5.22. The number of nitrogens with one attached hydrogen (secondary N) is 1. The van der Waals surface area contributed by atoms with Crippen LogP contribution in [0.5, 0.6) is 0 Å². The normalized spacial score (nSPS) is 19.9. The molecule has 1 heterocycles. The van der Waals surface area contributed by atoms with E-state index in [1.54, 1.807) is 0 Å². The van der Waals surface area contributed by atoms with Crippen molar-refractivity contribution < 1.29 is 4.79 Å². The highest BCUT2D eigenvalue weighted by Gasteiger charge is 2.24. The Labute approximate surface area is 106 Å². The van der Waals surface area contributed by atoms with Crippen molar-refractivity contribution in [3.63, 3.8) is 0 Å². The maximum absolute atomic E-state index is 11.9. The molecule has 1 rings (SSSR count). The van der Waals surface area contributed by atoms with Gasteiger partial charge < -0.3 is 10.2 Å². The zero-order valence-corrected chi connectivity index (χ0v) is 11.5. The fourth-order valence-corrected chi connectivity index (χ4v) is 2.55. The van der Waals surface area contributed by atoms with Gasteiger partial charge in [-0.2, -0.15) is 0 Å². The van der Waals surface area contributed by atoms with Gasteiger partial charge in [-0.25, -0.2) is 0 Å². The van der Waals surface area contributed by atoms with Gasteiger partial charge in [-0.1, -0.05) is 32.6 Å². The Bertz CT molecular complexity index is 218. The summed E-state index contributed by atoms with van der Waals surface area (Å²) in [7, 11) is 1.98. The summed E-state index contributed by atoms with van der Waals surface area (Å²) in [6, 6.07) is 0. The molecule has 0 aromatic heterocycles. The summed E-state index contributed by atoms with van der Waals surface area (Å²) >= 11 is 0. The van der Waals surface area contributed by atoms with Crippen LogP contribution in [0.4, 0.5) is 0 Å². The van der Waals surface area contributed by atoms with E-state index in [1.807, 2.05) is 7.05 Å². The van der Waals surface area contributed by atoms with Crippen LogP contribution in [0, 0.1) is 5.92 Å². The van der Waals surface area contributed by atoms with Crippen LogP contribution in [0.3, 0.4) is 0 Å². The summed E-state index contributed by atoms with van der Waals surface area (Å²) in [5.41, 5.74) is 0. The highest BCUT2D eigenvalue weighted by Crippen LogP contribution is 2.17. The molecule has 0 aliphatic carbocycles. The third-order valence-corrected chi connectivity index (χ3v) is 3.63. The number of nitrogens with zero attached hydrogens (tertiary/aromatic N) is 1. The average Bonchev–Trinajstić information content (AvgIpc) is 2.78. The molecule has 1 amide bonds. The fraction of sp³-hybridized carbons (Fsp3) is 0.929. The molecule has 0 radical (unpaired) electrons. The Kier molecular flexibility index (Phi) is 7.25. The first kappa shape index (κ1) is 14.5. The van der Waals surface area contributed by atoms with Gasteiger partial charge in [0, 0.05) is 19.5 Å². The van der Waals surface area contributed by atoms with Crippen molar-refractivity contribution in [2.75, 3.05) is 26.7 Å². The number of amides is 1. The number of unbranched alkanes of at least 4 members (excludes halogenated alkanes) is 4. The number of rotatable bonds is 8. The van der Waals surface area contributed by atoms with Crippen LogP contribution in [-0.4, -0.2) is 37.5 Å². The van der Waals surface area contributed by atoms with Gasteiger partial charge in [-0.05, 0) is 32.4 Å². The Hall–Kier alpha value is -0.570. The lowest BCUT2D eigenvalue weighted by molar-refractivity contribution is -0.130. The minimum absolute atomic E-state index is 0.375. The molecule has 3 nitrogen and oxygen atoms in total. The Morgan fingerprint density at radius 1 is 1.29 bits per heavy atom. The highest BCUT2D eigenvalue weighted by molar-refractivity contribution is 5.76. The molecule has 1 unspecified atom stereocenters. The van der Waals surface area contributed by atoms with E-state index in [4.69, 9.17) is 0 Å². The average molecular weight is 240 g/mol. The first-order valence-electron chi connectivity index (χ1n) is 7.20. The predicted molar refractivity (Wildman–Crippen MR) is 72.0 cm³/mol.